The minimum absolute atomic E-state index is 0.173. The Morgan fingerprint density at radius 2 is 2.25 bits per heavy atom. The van der Waals surface area contributed by atoms with Gasteiger partial charge in [0, 0.05) is 12.6 Å². The molecule has 2 N–H and O–H groups in total. The van der Waals surface area contributed by atoms with Crippen molar-refractivity contribution >= 4 is 0 Å². The van der Waals surface area contributed by atoms with Gasteiger partial charge < -0.3 is 10.4 Å². The molecule has 0 aliphatic carbocycles. The van der Waals surface area contributed by atoms with E-state index < -0.39 is 0 Å². The topological polar surface area (TPSA) is 35.5 Å². The average molecular weight is 280 g/mol. The highest BCUT2D eigenvalue weighted by molar-refractivity contribution is 5.15. The van der Waals surface area contributed by atoms with Crippen molar-refractivity contribution in [3.8, 4) is 0 Å². The van der Waals surface area contributed by atoms with Gasteiger partial charge in [0.05, 0.1) is 6.61 Å². The zero-order chi connectivity index (χ0) is 14.2. The number of nitrogens with one attached hydrogen (secondary N) is 1. The fourth-order valence-corrected chi connectivity index (χ4v) is 2.84. The minimum atomic E-state index is -0.173. The second-order valence-electron chi connectivity index (χ2n) is 5.53. The van der Waals surface area contributed by atoms with Crippen molar-refractivity contribution in [3.63, 3.8) is 0 Å². The van der Waals surface area contributed by atoms with Crippen LogP contribution in [0.3, 0.4) is 0 Å². The number of aliphatic hydroxyl groups is 1. The van der Waals surface area contributed by atoms with Crippen LogP contribution in [-0.2, 0) is 6.54 Å². The summed E-state index contributed by atoms with van der Waals surface area (Å²) in [5.74, 6) is -0.173. The molecule has 1 atom stereocenters. The fourth-order valence-electron chi connectivity index (χ4n) is 2.84. The molecule has 1 fully saturated rings. The average Bonchev–Trinajstić information content (AvgIpc) is 2.90. The Morgan fingerprint density at radius 1 is 1.35 bits per heavy atom. The van der Waals surface area contributed by atoms with E-state index in [-0.39, 0.29) is 12.4 Å². The highest BCUT2D eigenvalue weighted by Gasteiger charge is 2.22. The number of nitrogens with zero attached hydrogens (tertiary/aromatic N) is 1. The lowest BCUT2D eigenvalue weighted by molar-refractivity contribution is 0.157. The monoisotopic (exact) mass is 280 g/mol. The second kappa shape index (κ2) is 8.35. The highest BCUT2D eigenvalue weighted by atomic mass is 19.1. The Morgan fingerprint density at radius 3 is 3.05 bits per heavy atom. The van der Waals surface area contributed by atoms with Crippen LogP contribution in [-0.4, -0.2) is 42.3 Å². The van der Waals surface area contributed by atoms with Crippen LogP contribution in [0.25, 0.3) is 0 Å². The summed E-state index contributed by atoms with van der Waals surface area (Å²) in [5.41, 5.74) is 0.991. The van der Waals surface area contributed by atoms with Crippen molar-refractivity contribution in [2.75, 3.05) is 26.2 Å². The predicted molar refractivity (Wildman–Crippen MR) is 79.0 cm³/mol. The van der Waals surface area contributed by atoms with Crippen molar-refractivity contribution in [3.05, 3.63) is 35.6 Å². The van der Waals surface area contributed by atoms with Crippen molar-refractivity contribution in [2.45, 2.75) is 38.3 Å². The smallest absolute Gasteiger partial charge is 0.123 e. The molecule has 1 unspecified atom stereocenters. The lowest BCUT2D eigenvalue weighted by Crippen LogP contribution is -2.33. The van der Waals surface area contributed by atoms with Crippen molar-refractivity contribution in [2.24, 2.45) is 0 Å². The molecule has 1 aromatic carbocycles. The molecule has 0 spiro atoms. The van der Waals surface area contributed by atoms with E-state index >= 15 is 0 Å². The maximum Gasteiger partial charge on any atom is 0.123 e. The zero-order valence-electron chi connectivity index (χ0n) is 12.0. The summed E-state index contributed by atoms with van der Waals surface area (Å²) in [6, 6.07) is 7.11. The number of likely N-dealkylation sites (tertiary alicyclic amines) is 1. The summed E-state index contributed by atoms with van der Waals surface area (Å²) in [6.07, 6.45) is 4.61. The molecule has 112 valence electrons. The first-order chi connectivity index (χ1) is 9.79. The van der Waals surface area contributed by atoms with E-state index in [0.717, 1.165) is 51.0 Å². The van der Waals surface area contributed by atoms with E-state index in [9.17, 15) is 9.50 Å². The number of halogens is 1. The Kier molecular flexibility index (Phi) is 6.43. The Hall–Kier alpha value is -0.970. The maximum absolute atomic E-state index is 13.0. The van der Waals surface area contributed by atoms with Crippen LogP contribution in [0.5, 0.6) is 0 Å². The molecule has 0 bridgehead atoms. The predicted octanol–water partition coefficient (Wildman–Crippen LogP) is 2.15. The number of benzene rings is 1. The van der Waals surface area contributed by atoms with E-state index in [2.05, 4.69) is 10.2 Å². The molecule has 0 amide bonds. The molecule has 20 heavy (non-hydrogen) atoms. The fraction of sp³-hybridized carbons (Fsp3) is 0.625. The summed E-state index contributed by atoms with van der Waals surface area (Å²) in [5, 5.41) is 12.6. The van der Waals surface area contributed by atoms with Crippen LogP contribution in [0.2, 0.25) is 0 Å². The van der Waals surface area contributed by atoms with Crippen LogP contribution in [0, 0.1) is 5.82 Å². The van der Waals surface area contributed by atoms with E-state index in [1.807, 2.05) is 6.07 Å². The third-order valence-corrected chi connectivity index (χ3v) is 3.98. The second-order valence-corrected chi connectivity index (χ2v) is 5.53. The third kappa shape index (κ3) is 4.85. The lowest BCUT2D eigenvalue weighted by Gasteiger charge is -2.22. The molecule has 3 nitrogen and oxygen atoms in total. The van der Waals surface area contributed by atoms with Gasteiger partial charge in [0.2, 0.25) is 0 Å². The first kappa shape index (κ1) is 15.4. The Balaban J connectivity index is 1.53. The number of aliphatic hydroxyl groups excluding tert-OH is 1. The number of hydrogen-bond acceptors (Lipinski definition) is 3. The molecule has 4 heteroatoms. The highest BCUT2D eigenvalue weighted by Crippen LogP contribution is 2.16. The van der Waals surface area contributed by atoms with Gasteiger partial charge in [-0.3, -0.25) is 4.90 Å². The van der Waals surface area contributed by atoms with Gasteiger partial charge in [0.15, 0.2) is 0 Å². The van der Waals surface area contributed by atoms with E-state index in [4.69, 9.17) is 0 Å². The molecule has 0 saturated carbocycles. The molecular formula is C16H25FN2O. The molecule has 1 aliphatic rings. The number of unbranched alkanes of at least 4 members (excludes halogenated alkanes) is 1. The number of hydrogen-bond donors (Lipinski definition) is 2. The molecule has 1 saturated heterocycles. The summed E-state index contributed by atoms with van der Waals surface area (Å²) >= 11 is 0. The van der Waals surface area contributed by atoms with Gasteiger partial charge in [-0.15, -0.1) is 0 Å². The standard InChI is InChI=1S/C16H25FN2O/c17-15-6-3-5-14(11-15)12-18-8-1-2-9-19-10-4-7-16(19)13-20/h3,5-6,11,16,18,20H,1-2,4,7-10,12-13H2. The van der Waals surface area contributed by atoms with Gasteiger partial charge in [-0.05, 0) is 63.0 Å². The Labute approximate surface area is 120 Å². The summed E-state index contributed by atoms with van der Waals surface area (Å²) in [4.78, 5) is 2.40. The minimum Gasteiger partial charge on any atom is -0.395 e. The van der Waals surface area contributed by atoms with E-state index in [1.165, 1.54) is 12.5 Å². The molecule has 2 rings (SSSR count). The third-order valence-electron chi connectivity index (χ3n) is 3.98. The van der Waals surface area contributed by atoms with Crippen LogP contribution in [0.4, 0.5) is 4.39 Å². The Bertz CT molecular complexity index is 400. The van der Waals surface area contributed by atoms with Gasteiger partial charge in [0.1, 0.15) is 5.82 Å². The van der Waals surface area contributed by atoms with E-state index in [1.54, 1.807) is 12.1 Å². The number of rotatable bonds is 8. The van der Waals surface area contributed by atoms with Crippen LogP contribution in [0.15, 0.2) is 24.3 Å². The summed E-state index contributed by atoms with van der Waals surface area (Å²) < 4.78 is 13.0. The molecule has 1 aliphatic heterocycles. The molecule has 1 heterocycles. The quantitative estimate of drug-likeness (QED) is 0.716. The maximum atomic E-state index is 13.0. The van der Waals surface area contributed by atoms with Crippen molar-refractivity contribution in [1.29, 1.82) is 0 Å². The molecule has 0 radical (unpaired) electrons. The van der Waals surface area contributed by atoms with Gasteiger partial charge in [-0.2, -0.15) is 0 Å². The van der Waals surface area contributed by atoms with Gasteiger partial charge in [0.25, 0.3) is 0 Å². The van der Waals surface area contributed by atoms with Crippen LogP contribution < -0.4 is 5.32 Å². The first-order valence-electron chi connectivity index (χ1n) is 7.59. The van der Waals surface area contributed by atoms with Crippen molar-refractivity contribution < 1.29 is 9.50 Å². The van der Waals surface area contributed by atoms with E-state index in [0.29, 0.717) is 6.04 Å². The lowest BCUT2D eigenvalue weighted by atomic mass is 10.2. The van der Waals surface area contributed by atoms with Gasteiger partial charge in [-0.25, -0.2) is 4.39 Å². The molecular weight excluding hydrogens is 255 g/mol. The van der Waals surface area contributed by atoms with Gasteiger partial charge in [-0.1, -0.05) is 12.1 Å². The largest absolute Gasteiger partial charge is 0.395 e. The molecule has 1 aromatic rings. The van der Waals surface area contributed by atoms with Gasteiger partial charge >= 0.3 is 0 Å². The molecule has 0 aromatic heterocycles. The van der Waals surface area contributed by atoms with Crippen LogP contribution in [0.1, 0.15) is 31.2 Å². The normalized spacial score (nSPS) is 19.6. The SMILES string of the molecule is OCC1CCCN1CCCCNCc1cccc(F)c1. The van der Waals surface area contributed by atoms with Crippen LogP contribution >= 0.6 is 0 Å². The summed E-state index contributed by atoms with van der Waals surface area (Å²) in [7, 11) is 0. The first-order valence-corrected chi connectivity index (χ1v) is 7.59. The zero-order valence-corrected chi connectivity index (χ0v) is 12.0. The van der Waals surface area contributed by atoms with Crippen molar-refractivity contribution in [1.82, 2.24) is 10.2 Å². The summed E-state index contributed by atoms with van der Waals surface area (Å²) in [6.45, 7) is 4.17.